The minimum atomic E-state index is -0.0300. The molecule has 0 aliphatic rings. The number of thiophene rings is 1. The van der Waals surface area contributed by atoms with Crippen LogP contribution in [-0.2, 0) is 6.61 Å². The Bertz CT molecular complexity index is 852. The van der Waals surface area contributed by atoms with Crippen LogP contribution < -0.4 is 9.47 Å². The highest BCUT2D eigenvalue weighted by molar-refractivity contribution is 7.09. The quantitative estimate of drug-likeness (QED) is 0.432. The highest BCUT2D eigenvalue weighted by Crippen LogP contribution is 2.29. The van der Waals surface area contributed by atoms with Crippen LogP contribution in [-0.4, -0.2) is 12.9 Å². The molecule has 0 unspecified atom stereocenters. The Morgan fingerprint density at radius 2 is 1.88 bits per heavy atom. The fraction of sp³-hybridized carbons (Fsp3) is 0.0952. The van der Waals surface area contributed by atoms with Gasteiger partial charge in [-0.05, 0) is 35.2 Å². The molecular formula is C21H18O3S. The largest absolute Gasteiger partial charge is 0.493 e. The maximum atomic E-state index is 12.1. The van der Waals surface area contributed by atoms with Crippen LogP contribution in [0.15, 0.2) is 72.1 Å². The van der Waals surface area contributed by atoms with E-state index in [4.69, 9.17) is 9.47 Å². The SMILES string of the molecule is COc1cc(/C=C/C(=O)c2ccccc2)ccc1OCc1cccs1. The van der Waals surface area contributed by atoms with E-state index in [1.54, 1.807) is 42.7 Å². The standard InChI is InChI=1S/C21H18O3S/c1-23-21-14-16(9-11-19(22)17-6-3-2-4-7-17)10-12-20(21)24-15-18-8-5-13-25-18/h2-14H,15H2,1H3/b11-9+. The first kappa shape index (κ1) is 17.0. The van der Waals surface area contributed by atoms with Crippen molar-refractivity contribution in [2.45, 2.75) is 6.61 Å². The number of methoxy groups -OCH3 is 1. The molecule has 25 heavy (non-hydrogen) atoms. The molecule has 1 heterocycles. The van der Waals surface area contributed by atoms with E-state index in [9.17, 15) is 4.79 Å². The fourth-order valence-electron chi connectivity index (χ4n) is 2.32. The van der Waals surface area contributed by atoms with Gasteiger partial charge in [-0.25, -0.2) is 0 Å². The first-order valence-corrected chi connectivity index (χ1v) is 8.75. The molecule has 0 bridgehead atoms. The van der Waals surface area contributed by atoms with E-state index < -0.39 is 0 Å². The number of benzene rings is 2. The van der Waals surface area contributed by atoms with Crippen molar-refractivity contribution in [2.75, 3.05) is 7.11 Å². The van der Waals surface area contributed by atoms with E-state index in [2.05, 4.69) is 0 Å². The molecule has 0 saturated carbocycles. The molecule has 0 amide bonds. The zero-order valence-electron chi connectivity index (χ0n) is 13.8. The summed E-state index contributed by atoms with van der Waals surface area (Å²) in [6.07, 6.45) is 3.34. The summed E-state index contributed by atoms with van der Waals surface area (Å²) in [5.74, 6) is 1.30. The molecule has 3 nitrogen and oxygen atoms in total. The molecule has 3 aromatic rings. The van der Waals surface area contributed by atoms with Gasteiger partial charge in [0.05, 0.1) is 7.11 Å². The molecule has 126 valence electrons. The lowest BCUT2D eigenvalue weighted by atomic mass is 10.1. The van der Waals surface area contributed by atoms with Gasteiger partial charge in [-0.1, -0.05) is 48.5 Å². The Balaban J connectivity index is 1.70. The van der Waals surface area contributed by atoms with E-state index in [-0.39, 0.29) is 5.78 Å². The number of carbonyl (C=O) groups is 1. The fourth-order valence-corrected chi connectivity index (χ4v) is 2.94. The summed E-state index contributed by atoms with van der Waals surface area (Å²) in [6, 6.07) is 18.8. The second-order valence-electron chi connectivity index (χ2n) is 5.34. The van der Waals surface area contributed by atoms with Crippen LogP contribution >= 0.6 is 11.3 Å². The van der Waals surface area contributed by atoms with Crippen molar-refractivity contribution in [2.24, 2.45) is 0 Å². The summed E-state index contributed by atoms with van der Waals surface area (Å²) in [4.78, 5) is 13.3. The summed E-state index contributed by atoms with van der Waals surface area (Å²) in [6.45, 7) is 0.510. The van der Waals surface area contributed by atoms with Gasteiger partial charge in [-0.15, -0.1) is 11.3 Å². The second-order valence-corrected chi connectivity index (χ2v) is 6.37. The highest BCUT2D eigenvalue weighted by Gasteiger charge is 2.06. The average Bonchev–Trinajstić information content (AvgIpc) is 3.19. The summed E-state index contributed by atoms with van der Waals surface area (Å²) >= 11 is 1.65. The Kier molecular flexibility index (Phi) is 5.65. The Labute approximate surface area is 151 Å². The maximum Gasteiger partial charge on any atom is 0.185 e. The van der Waals surface area contributed by atoms with Gasteiger partial charge >= 0.3 is 0 Å². The van der Waals surface area contributed by atoms with Gasteiger partial charge < -0.3 is 9.47 Å². The maximum absolute atomic E-state index is 12.1. The molecule has 0 spiro atoms. The normalized spacial score (nSPS) is 10.8. The molecular weight excluding hydrogens is 332 g/mol. The molecule has 0 radical (unpaired) electrons. The van der Waals surface area contributed by atoms with Gasteiger partial charge in [-0.3, -0.25) is 4.79 Å². The van der Waals surface area contributed by atoms with Crippen molar-refractivity contribution < 1.29 is 14.3 Å². The minimum absolute atomic E-state index is 0.0300. The van der Waals surface area contributed by atoms with Crippen LogP contribution in [0.1, 0.15) is 20.8 Å². The summed E-state index contributed by atoms with van der Waals surface area (Å²) in [7, 11) is 1.61. The van der Waals surface area contributed by atoms with Gasteiger partial charge in [0.25, 0.3) is 0 Å². The Morgan fingerprint density at radius 3 is 2.60 bits per heavy atom. The van der Waals surface area contributed by atoms with Crippen LogP contribution in [0.25, 0.3) is 6.08 Å². The van der Waals surface area contributed by atoms with Gasteiger partial charge in [-0.2, -0.15) is 0 Å². The van der Waals surface area contributed by atoms with Crippen molar-refractivity contribution in [3.05, 3.63) is 88.1 Å². The van der Waals surface area contributed by atoms with Crippen molar-refractivity contribution >= 4 is 23.2 Å². The number of ketones is 1. The predicted octanol–water partition coefficient (Wildman–Crippen LogP) is 5.23. The molecule has 0 fully saturated rings. The molecule has 0 N–H and O–H groups in total. The first-order chi connectivity index (χ1) is 12.3. The molecule has 4 heteroatoms. The number of rotatable bonds is 7. The summed E-state index contributed by atoms with van der Waals surface area (Å²) < 4.78 is 11.2. The van der Waals surface area contributed by atoms with Crippen LogP contribution in [0, 0.1) is 0 Å². The molecule has 3 rings (SSSR count). The number of ether oxygens (including phenoxy) is 2. The number of hydrogen-bond acceptors (Lipinski definition) is 4. The van der Waals surface area contributed by atoms with Gasteiger partial charge in [0.1, 0.15) is 6.61 Å². The van der Waals surface area contributed by atoms with Crippen LogP contribution in [0.3, 0.4) is 0 Å². The van der Waals surface area contributed by atoms with Crippen LogP contribution in [0.4, 0.5) is 0 Å². The van der Waals surface area contributed by atoms with E-state index in [1.807, 2.05) is 53.9 Å². The molecule has 1 aromatic heterocycles. The van der Waals surface area contributed by atoms with E-state index >= 15 is 0 Å². The third-order valence-corrected chi connectivity index (χ3v) is 4.47. The second kappa shape index (κ2) is 8.31. The Hall–Kier alpha value is -2.85. The van der Waals surface area contributed by atoms with E-state index in [1.165, 1.54) is 0 Å². The van der Waals surface area contributed by atoms with E-state index in [0.717, 1.165) is 10.4 Å². The van der Waals surface area contributed by atoms with Gasteiger partial charge in [0.2, 0.25) is 0 Å². The first-order valence-electron chi connectivity index (χ1n) is 7.87. The molecule has 2 aromatic carbocycles. The van der Waals surface area contributed by atoms with Crippen molar-refractivity contribution in [1.82, 2.24) is 0 Å². The zero-order chi connectivity index (χ0) is 17.5. The number of carbonyl (C=O) groups excluding carboxylic acids is 1. The highest BCUT2D eigenvalue weighted by atomic mass is 32.1. The number of allylic oxidation sites excluding steroid dienone is 1. The van der Waals surface area contributed by atoms with Crippen molar-refractivity contribution in [3.63, 3.8) is 0 Å². The molecule has 0 atom stereocenters. The molecule has 0 aliphatic heterocycles. The van der Waals surface area contributed by atoms with Gasteiger partial charge in [0.15, 0.2) is 17.3 Å². The average molecular weight is 350 g/mol. The third-order valence-electron chi connectivity index (χ3n) is 3.62. The van der Waals surface area contributed by atoms with Crippen molar-refractivity contribution in [3.8, 4) is 11.5 Å². The van der Waals surface area contributed by atoms with Crippen LogP contribution in [0.5, 0.6) is 11.5 Å². The van der Waals surface area contributed by atoms with Crippen molar-refractivity contribution in [1.29, 1.82) is 0 Å². The van der Waals surface area contributed by atoms with Gasteiger partial charge in [0, 0.05) is 10.4 Å². The van der Waals surface area contributed by atoms with E-state index in [0.29, 0.717) is 23.7 Å². The van der Waals surface area contributed by atoms with Crippen LogP contribution in [0.2, 0.25) is 0 Å². The predicted molar refractivity (Wildman–Crippen MR) is 101 cm³/mol. The lowest BCUT2D eigenvalue weighted by molar-refractivity contribution is 0.104. The minimum Gasteiger partial charge on any atom is -0.493 e. The third kappa shape index (κ3) is 4.58. The molecule has 0 aliphatic carbocycles. The monoisotopic (exact) mass is 350 g/mol. The smallest absolute Gasteiger partial charge is 0.185 e. The summed E-state index contributed by atoms with van der Waals surface area (Å²) in [5.41, 5.74) is 1.55. The lowest BCUT2D eigenvalue weighted by Gasteiger charge is -2.10. The number of hydrogen-bond donors (Lipinski definition) is 0. The molecule has 0 saturated heterocycles. The zero-order valence-corrected chi connectivity index (χ0v) is 14.7. The Morgan fingerprint density at radius 1 is 1.04 bits per heavy atom. The lowest BCUT2D eigenvalue weighted by Crippen LogP contribution is -1.96. The summed E-state index contributed by atoms with van der Waals surface area (Å²) in [5, 5.41) is 2.02. The topological polar surface area (TPSA) is 35.5 Å².